The Morgan fingerprint density at radius 2 is 2.38 bits per heavy atom. The molecular formula is C6H13S2. The summed E-state index contributed by atoms with van der Waals surface area (Å²) in [4.78, 5) is 0. The quantitative estimate of drug-likeness (QED) is 0.356. The first-order valence-electron chi connectivity index (χ1n) is 2.99. The zero-order valence-corrected chi connectivity index (χ0v) is 6.97. The second-order valence-corrected chi connectivity index (χ2v) is 3.09. The average Bonchev–Trinajstić information content (AvgIpc) is 1.81. The zero-order valence-electron chi connectivity index (χ0n) is 5.26. The van der Waals surface area contributed by atoms with Gasteiger partial charge in [-0.2, -0.15) is 0 Å². The average molecular weight is 149 g/mol. The van der Waals surface area contributed by atoms with Gasteiger partial charge in [-0.15, -0.1) is 11.7 Å². The third kappa shape index (κ3) is 6.70. The lowest BCUT2D eigenvalue weighted by molar-refractivity contribution is 0.786. The first kappa shape index (κ1) is 8.70. The van der Waals surface area contributed by atoms with E-state index in [1.165, 1.54) is 19.3 Å². The Kier molecular flexibility index (Phi) is 8.37. The minimum atomic E-state index is 1.09. The summed E-state index contributed by atoms with van der Waals surface area (Å²) in [5, 5.41) is 0. The van der Waals surface area contributed by atoms with Crippen molar-refractivity contribution < 1.29 is 0 Å². The van der Waals surface area contributed by atoms with Crippen LogP contribution < -0.4 is 0 Å². The minimum Gasteiger partial charge on any atom is -0.111 e. The van der Waals surface area contributed by atoms with Gasteiger partial charge in [-0.1, -0.05) is 30.6 Å². The number of unbranched alkanes of at least 4 members (excludes halogenated alkanes) is 3. The maximum atomic E-state index is 4.01. The molecule has 0 bridgehead atoms. The summed E-state index contributed by atoms with van der Waals surface area (Å²) >= 11 is 4.01. The lowest BCUT2D eigenvalue weighted by Crippen LogP contribution is -1.77. The third-order valence-electron chi connectivity index (χ3n) is 0.954. The second kappa shape index (κ2) is 7.70. The van der Waals surface area contributed by atoms with E-state index in [0.29, 0.717) is 0 Å². The summed E-state index contributed by atoms with van der Waals surface area (Å²) in [7, 11) is 1.59. The van der Waals surface area contributed by atoms with Crippen LogP contribution in [-0.2, 0) is 0 Å². The van der Waals surface area contributed by atoms with Crippen LogP contribution in [0.2, 0.25) is 0 Å². The fourth-order valence-corrected chi connectivity index (χ4v) is 1.07. The summed E-state index contributed by atoms with van der Waals surface area (Å²) in [5.41, 5.74) is 0. The Bertz CT molecular complexity index is 31.5. The molecule has 0 atom stereocenters. The fourth-order valence-electron chi connectivity index (χ4n) is 0.484. The van der Waals surface area contributed by atoms with Gasteiger partial charge in [0.1, 0.15) is 0 Å². The van der Waals surface area contributed by atoms with Gasteiger partial charge in [0.05, 0.1) is 0 Å². The topological polar surface area (TPSA) is 0 Å². The zero-order chi connectivity index (χ0) is 6.24. The molecule has 0 fully saturated rings. The van der Waals surface area contributed by atoms with Gasteiger partial charge in [-0.3, -0.25) is 0 Å². The van der Waals surface area contributed by atoms with Gasteiger partial charge < -0.3 is 0 Å². The molecule has 0 unspecified atom stereocenters. The van der Waals surface area contributed by atoms with Crippen LogP contribution in [0.1, 0.15) is 26.2 Å². The highest BCUT2D eigenvalue weighted by atomic mass is 33.1. The Labute approximate surface area is 61.2 Å². The molecule has 0 aromatic carbocycles. The van der Waals surface area contributed by atoms with Gasteiger partial charge in [0.25, 0.3) is 0 Å². The van der Waals surface area contributed by atoms with Crippen LogP contribution in [0.25, 0.3) is 0 Å². The molecule has 1 radical (unpaired) electrons. The molecule has 2 heteroatoms. The fraction of sp³-hybridized carbons (Fsp3) is 0.833. The van der Waals surface area contributed by atoms with Gasteiger partial charge >= 0.3 is 0 Å². The van der Waals surface area contributed by atoms with E-state index < -0.39 is 0 Å². The molecule has 0 aliphatic carbocycles. The first-order valence-corrected chi connectivity index (χ1v) is 5.03. The number of rotatable bonds is 5. The van der Waals surface area contributed by atoms with E-state index >= 15 is 0 Å². The van der Waals surface area contributed by atoms with Crippen molar-refractivity contribution in [1.82, 2.24) is 0 Å². The normalized spacial score (nSPS) is 9.75. The largest absolute Gasteiger partial charge is 0.111 e. The molecule has 0 spiro atoms. The highest BCUT2D eigenvalue weighted by Gasteiger charge is 1.84. The smallest absolute Gasteiger partial charge is 0.00658 e. The van der Waals surface area contributed by atoms with Gasteiger partial charge in [0.15, 0.2) is 0 Å². The lowest BCUT2D eigenvalue weighted by atomic mass is 10.2. The summed E-state index contributed by atoms with van der Waals surface area (Å²) in [6, 6.07) is 0. The highest BCUT2D eigenvalue weighted by molar-refractivity contribution is 8.68. The molecule has 0 saturated carbocycles. The Morgan fingerprint density at radius 3 is 2.88 bits per heavy atom. The molecule has 0 saturated heterocycles. The van der Waals surface area contributed by atoms with Crippen molar-refractivity contribution in [3.8, 4) is 0 Å². The third-order valence-corrected chi connectivity index (χ3v) is 1.79. The number of hydrogen-bond donors (Lipinski definition) is 1. The molecule has 0 aromatic rings. The van der Waals surface area contributed by atoms with Crippen molar-refractivity contribution in [3.63, 3.8) is 0 Å². The van der Waals surface area contributed by atoms with E-state index in [2.05, 4.69) is 25.0 Å². The maximum Gasteiger partial charge on any atom is 0.00658 e. The molecule has 0 amide bonds. The van der Waals surface area contributed by atoms with E-state index in [1.54, 1.807) is 10.8 Å². The summed E-state index contributed by atoms with van der Waals surface area (Å²) < 4.78 is 0. The second-order valence-electron chi connectivity index (χ2n) is 1.73. The Morgan fingerprint density at radius 1 is 1.62 bits per heavy atom. The predicted octanol–water partition coefficient (Wildman–Crippen LogP) is 2.96. The van der Waals surface area contributed by atoms with E-state index in [1.807, 2.05) is 0 Å². The molecule has 8 heavy (non-hydrogen) atoms. The van der Waals surface area contributed by atoms with Gasteiger partial charge in [0.2, 0.25) is 0 Å². The van der Waals surface area contributed by atoms with Crippen molar-refractivity contribution in [1.29, 1.82) is 0 Å². The SMILES string of the molecule is CCCC[CH]CSS. The van der Waals surface area contributed by atoms with E-state index in [4.69, 9.17) is 0 Å². The van der Waals surface area contributed by atoms with Crippen LogP contribution in [0, 0.1) is 6.42 Å². The number of thiol groups is 1. The van der Waals surface area contributed by atoms with Crippen molar-refractivity contribution in [2.45, 2.75) is 26.2 Å². The van der Waals surface area contributed by atoms with Gasteiger partial charge in [-0.25, -0.2) is 0 Å². The van der Waals surface area contributed by atoms with Crippen LogP contribution in [0.5, 0.6) is 0 Å². The Balaban J connectivity index is 2.53. The first-order chi connectivity index (χ1) is 3.91. The molecule has 0 aliphatic rings. The van der Waals surface area contributed by atoms with Crippen molar-refractivity contribution in [2.24, 2.45) is 0 Å². The van der Waals surface area contributed by atoms with E-state index in [-0.39, 0.29) is 0 Å². The molecule has 0 aromatic heterocycles. The molecule has 0 N–H and O–H groups in total. The lowest BCUT2D eigenvalue weighted by Gasteiger charge is -1.92. The minimum absolute atomic E-state index is 1.09. The molecule has 0 rings (SSSR count). The predicted molar refractivity (Wildman–Crippen MR) is 45.3 cm³/mol. The number of hydrogen-bond acceptors (Lipinski definition) is 2. The van der Waals surface area contributed by atoms with Crippen LogP contribution in [0.3, 0.4) is 0 Å². The van der Waals surface area contributed by atoms with Gasteiger partial charge in [0, 0.05) is 5.75 Å². The summed E-state index contributed by atoms with van der Waals surface area (Å²) in [6.07, 6.45) is 6.16. The standard InChI is InChI=1S/C6H13S2/c1-2-3-4-5-6-8-7/h5,7H,2-4,6H2,1H3. The van der Waals surface area contributed by atoms with Crippen LogP contribution in [-0.4, -0.2) is 5.75 Å². The van der Waals surface area contributed by atoms with Crippen LogP contribution in [0.15, 0.2) is 0 Å². The van der Waals surface area contributed by atoms with Crippen molar-refractivity contribution in [2.75, 3.05) is 5.75 Å². The monoisotopic (exact) mass is 149 g/mol. The Hall–Kier alpha value is 0.700. The van der Waals surface area contributed by atoms with Crippen molar-refractivity contribution >= 4 is 22.5 Å². The van der Waals surface area contributed by atoms with Gasteiger partial charge in [-0.05, 0) is 12.8 Å². The van der Waals surface area contributed by atoms with E-state index in [9.17, 15) is 0 Å². The maximum absolute atomic E-state index is 4.01. The van der Waals surface area contributed by atoms with Crippen molar-refractivity contribution in [3.05, 3.63) is 6.42 Å². The van der Waals surface area contributed by atoms with E-state index in [0.717, 1.165) is 5.75 Å². The molecule has 49 valence electrons. The van der Waals surface area contributed by atoms with Crippen LogP contribution >= 0.6 is 22.5 Å². The molecule has 0 nitrogen and oxygen atoms in total. The molecular weight excluding hydrogens is 136 g/mol. The summed E-state index contributed by atoms with van der Waals surface area (Å²) in [6.45, 7) is 2.21. The summed E-state index contributed by atoms with van der Waals surface area (Å²) in [5.74, 6) is 1.09. The van der Waals surface area contributed by atoms with Crippen LogP contribution in [0.4, 0.5) is 0 Å². The highest BCUT2D eigenvalue weighted by Crippen LogP contribution is 2.08. The molecule has 0 aliphatic heterocycles. The molecule has 0 heterocycles.